The second-order valence-corrected chi connectivity index (χ2v) is 4.60. The topological polar surface area (TPSA) is 99.8 Å². The second-order valence-electron chi connectivity index (χ2n) is 4.60. The average Bonchev–Trinajstić information content (AvgIpc) is 3.01. The second kappa shape index (κ2) is 6.04. The number of carbonyl (C=O) groups is 2. The molecule has 0 aliphatic heterocycles. The molecule has 7 nitrogen and oxygen atoms in total. The lowest BCUT2D eigenvalue weighted by Crippen LogP contribution is -2.33. The van der Waals surface area contributed by atoms with Crippen LogP contribution < -0.4 is 10.6 Å². The number of aromatic amines is 1. The van der Waals surface area contributed by atoms with E-state index in [9.17, 15) is 9.59 Å². The highest BCUT2D eigenvalue weighted by Gasteiger charge is 2.09. The average molecular weight is 295 g/mol. The van der Waals surface area contributed by atoms with Crippen molar-refractivity contribution in [3.8, 4) is 0 Å². The van der Waals surface area contributed by atoms with Gasteiger partial charge in [-0.15, -0.1) is 0 Å². The van der Waals surface area contributed by atoms with Crippen LogP contribution in [0, 0.1) is 0 Å². The van der Waals surface area contributed by atoms with Crippen LogP contribution in [0.2, 0.25) is 0 Å². The monoisotopic (exact) mass is 295 g/mol. The van der Waals surface area contributed by atoms with E-state index in [1.54, 1.807) is 6.07 Å². The first kappa shape index (κ1) is 13.7. The molecule has 2 heterocycles. The molecule has 0 aliphatic carbocycles. The van der Waals surface area contributed by atoms with Crippen molar-refractivity contribution in [2.24, 2.45) is 0 Å². The minimum atomic E-state index is -0.440. The fraction of sp³-hybridized carbons (Fsp3) is 0.0667. The van der Waals surface area contributed by atoms with Crippen LogP contribution in [-0.2, 0) is 4.79 Å². The summed E-state index contributed by atoms with van der Waals surface area (Å²) in [6, 6.07) is 7.44. The van der Waals surface area contributed by atoms with E-state index in [1.807, 2.05) is 24.4 Å². The van der Waals surface area contributed by atoms with E-state index in [0.29, 0.717) is 5.69 Å². The summed E-state index contributed by atoms with van der Waals surface area (Å²) in [4.78, 5) is 34.3. The van der Waals surface area contributed by atoms with Gasteiger partial charge in [0.25, 0.3) is 5.91 Å². The van der Waals surface area contributed by atoms with Gasteiger partial charge in [0, 0.05) is 35.2 Å². The van der Waals surface area contributed by atoms with E-state index in [4.69, 9.17) is 0 Å². The molecule has 3 aromatic rings. The Morgan fingerprint density at radius 1 is 1.18 bits per heavy atom. The number of aromatic nitrogens is 3. The predicted octanol–water partition coefficient (Wildman–Crippen LogP) is 1.33. The molecule has 3 rings (SSSR count). The molecule has 0 unspecified atom stereocenters. The zero-order valence-corrected chi connectivity index (χ0v) is 11.5. The fourth-order valence-electron chi connectivity index (χ4n) is 2.00. The highest BCUT2D eigenvalue weighted by molar-refractivity contribution is 5.99. The summed E-state index contributed by atoms with van der Waals surface area (Å²) in [5.41, 5.74) is 1.84. The maximum absolute atomic E-state index is 11.9. The Morgan fingerprint density at radius 2 is 2.09 bits per heavy atom. The first-order chi connectivity index (χ1) is 10.7. The number of hydrogen-bond donors (Lipinski definition) is 3. The number of amides is 2. The number of nitrogens with one attached hydrogen (secondary N) is 3. The van der Waals surface area contributed by atoms with Gasteiger partial charge in [-0.1, -0.05) is 0 Å². The summed E-state index contributed by atoms with van der Waals surface area (Å²) in [5, 5.41) is 6.22. The molecule has 0 saturated carbocycles. The van der Waals surface area contributed by atoms with Gasteiger partial charge in [-0.05, 0) is 24.3 Å². The predicted molar refractivity (Wildman–Crippen MR) is 81.3 cm³/mol. The lowest BCUT2D eigenvalue weighted by atomic mass is 10.2. The number of hydrogen-bond acceptors (Lipinski definition) is 4. The maximum atomic E-state index is 11.9. The lowest BCUT2D eigenvalue weighted by Gasteiger charge is -2.06. The number of benzene rings is 1. The van der Waals surface area contributed by atoms with Gasteiger partial charge in [-0.2, -0.15) is 0 Å². The summed E-state index contributed by atoms with van der Waals surface area (Å²) < 4.78 is 0. The summed E-state index contributed by atoms with van der Waals surface area (Å²) in [7, 11) is 0. The molecule has 0 spiro atoms. The van der Waals surface area contributed by atoms with Crippen molar-refractivity contribution in [3.63, 3.8) is 0 Å². The van der Waals surface area contributed by atoms with Gasteiger partial charge in [-0.25, -0.2) is 4.98 Å². The highest BCUT2D eigenvalue weighted by atomic mass is 16.2. The largest absolute Gasteiger partial charge is 0.361 e. The molecule has 2 amide bonds. The highest BCUT2D eigenvalue weighted by Crippen LogP contribution is 2.17. The molecular weight excluding hydrogens is 282 g/mol. The zero-order chi connectivity index (χ0) is 15.4. The number of H-pyrrole nitrogens is 1. The Kier molecular flexibility index (Phi) is 3.78. The lowest BCUT2D eigenvalue weighted by molar-refractivity contribution is -0.115. The Labute approximate surface area is 125 Å². The minimum Gasteiger partial charge on any atom is -0.361 e. The van der Waals surface area contributed by atoms with Crippen LogP contribution in [0.25, 0.3) is 10.9 Å². The molecule has 0 radical (unpaired) electrons. The van der Waals surface area contributed by atoms with Crippen molar-refractivity contribution < 1.29 is 9.59 Å². The van der Waals surface area contributed by atoms with Gasteiger partial charge in [0.2, 0.25) is 5.91 Å². The molecule has 0 atom stereocenters. The van der Waals surface area contributed by atoms with Crippen LogP contribution in [0.5, 0.6) is 0 Å². The van der Waals surface area contributed by atoms with Crippen LogP contribution in [0.3, 0.4) is 0 Å². The summed E-state index contributed by atoms with van der Waals surface area (Å²) >= 11 is 0. The molecule has 110 valence electrons. The third-order valence-electron chi connectivity index (χ3n) is 3.04. The van der Waals surface area contributed by atoms with Gasteiger partial charge in [0.1, 0.15) is 5.69 Å². The Bertz CT molecular complexity index is 813. The van der Waals surface area contributed by atoms with E-state index in [2.05, 4.69) is 25.6 Å². The van der Waals surface area contributed by atoms with Crippen LogP contribution in [0.15, 0.2) is 49.1 Å². The van der Waals surface area contributed by atoms with E-state index >= 15 is 0 Å². The van der Waals surface area contributed by atoms with Crippen LogP contribution in [-0.4, -0.2) is 33.3 Å². The fourth-order valence-corrected chi connectivity index (χ4v) is 2.00. The number of fused-ring (bicyclic) bond motifs is 1. The summed E-state index contributed by atoms with van der Waals surface area (Å²) in [5.74, 6) is -0.753. The quantitative estimate of drug-likeness (QED) is 0.676. The minimum absolute atomic E-state index is 0.138. The molecule has 0 saturated heterocycles. The maximum Gasteiger partial charge on any atom is 0.271 e. The molecule has 0 aliphatic rings. The van der Waals surface area contributed by atoms with Crippen molar-refractivity contribution in [2.75, 3.05) is 11.9 Å². The molecule has 0 bridgehead atoms. The molecule has 3 N–H and O–H groups in total. The Morgan fingerprint density at radius 3 is 2.91 bits per heavy atom. The van der Waals surface area contributed by atoms with Crippen molar-refractivity contribution in [2.45, 2.75) is 0 Å². The summed E-state index contributed by atoms with van der Waals surface area (Å²) in [6.45, 7) is -0.138. The molecule has 1 aromatic carbocycles. The van der Waals surface area contributed by atoms with Gasteiger partial charge >= 0.3 is 0 Å². The normalized spacial score (nSPS) is 10.4. The smallest absolute Gasteiger partial charge is 0.271 e. The van der Waals surface area contributed by atoms with Gasteiger partial charge < -0.3 is 15.6 Å². The molecule has 0 fully saturated rings. The van der Waals surface area contributed by atoms with E-state index in [-0.39, 0.29) is 18.1 Å². The number of carbonyl (C=O) groups excluding carboxylic acids is 2. The summed E-state index contributed by atoms with van der Waals surface area (Å²) in [6.07, 6.45) is 6.06. The molecule has 22 heavy (non-hydrogen) atoms. The Hall–Kier alpha value is -3.22. The standard InChI is InChI=1S/C15H13N5O2/c21-14(9-19-15(22)13-8-16-5-6-18-13)20-11-1-2-12-10(7-11)3-4-17-12/h1-8,17H,9H2,(H,19,22)(H,20,21). The van der Waals surface area contributed by atoms with Gasteiger partial charge in [-0.3, -0.25) is 14.6 Å². The van der Waals surface area contributed by atoms with Crippen LogP contribution >= 0.6 is 0 Å². The van der Waals surface area contributed by atoms with Crippen molar-refractivity contribution >= 4 is 28.4 Å². The molecular formula is C15H13N5O2. The third-order valence-corrected chi connectivity index (χ3v) is 3.04. The van der Waals surface area contributed by atoms with Crippen LogP contribution in [0.4, 0.5) is 5.69 Å². The number of nitrogens with zero attached hydrogens (tertiary/aromatic N) is 2. The van der Waals surface area contributed by atoms with Crippen molar-refractivity contribution in [3.05, 3.63) is 54.7 Å². The number of anilines is 1. The van der Waals surface area contributed by atoms with Gasteiger partial charge in [0.15, 0.2) is 0 Å². The van der Waals surface area contributed by atoms with E-state index in [1.165, 1.54) is 18.6 Å². The Balaban J connectivity index is 1.57. The van der Waals surface area contributed by atoms with Crippen molar-refractivity contribution in [1.29, 1.82) is 0 Å². The first-order valence-electron chi connectivity index (χ1n) is 6.63. The van der Waals surface area contributed by atoms with E-state index in [0.717, 1.165) is 10.9 Å². The van der Waals surface area contributed by atoms with E-state index < -0.39 is 5.91 Å². The zero-order valence-electron chi connectivity index (χ0n) is 11.5. The first-order valence-corrected chi connectivity index (χ1v) is 6.63. The molecule has 2 aromatic heterocycles. The van der Waals surface area contributed by atoms with Crippen molar-refractivity contribution in [1.82, 2.24) is 20.3 Å². The SMILES string of the molecule is O=C(CNC(=O)c1cnccn1)Nc1ccc2[nH]ccc2c1. The molecule has 7 heteroatoms. The third kappa shape index (κ3) is 3.09. The van der Waals surface area contributed by atoms with Gasteiger partial charge in [0.05, 0.1) is 12.7 Å². The number of rotatable bonds is 4. The van der Waals surface area contributed by atoms with Crippen LogP contribution in [0.1, 0.15) is 10.5 Å².